The molecule has 0 aliphatic carbocycles. The Morgan fingerprint density at radius 3 is 2.29 bits per heavy atom. The Morgan fingerprint density at radius 2 is 1.74 bits per heavy atom. The van der Waals surface area contributed by atoms with E-state index in [0.29, 0.717) is 30.9 Å². The van der Waals surface area contributed by atoms with Gasteiger partial charge in [-0.3, -0.25) is 9.69 Å². The van der Waals surface area contributed by atoms with Gasteiger partial charge in [-0.2, -0.15) is 5.26 Å². The SMILES string of the molecule is CC#CCOc1ccc(S(=O)(=O)C2(C(=O)OCC)CCN(Cc3ccc(C#N)cc3)CC2)cc1. The van der Waals surface area contributed by atoms with Gasteiger partial charge in [-0.05, 0) is 68.7 Å². The molecule has 3 rings (SSSR count). The van der Waals surface area contributed by atoms with E-state index in [2.05, 4.69) is 22.8 Å². The van der Waals surface area contributed by atoms with E-state index in [0.717, 1.165) is 5.56 Å². The third-order valence-corrected chi connectivity index (χ3v) is 8.43. The van der Waals surface area contributed by atoms with Crippen molar-refractivity contribution in [1.82, 2.24) is 4.90 Å². The van der Waals surface area contributed by atoms with Crippen LogP contribution in [-0.2, 0) is 25.9 Å². The van der Waals surface area contributed by atoms with Gasteiger partial charge in [-0.15, -0.1) is 5.92 Å². The van der Waals surface area contributed by atoms with E-state index < -0.39 is 20.6 Å². The highest BCUT2D eigenvalue weighted by Crippen LogP contribution is 2.37. The molecule has 1 fully saturated rings. The van der Waals surface area contributed by atoms with Gasteiger partial charge in [-0.25, -0.2) is 8.42 Å². The number of carbonyl (C=O) groups is 1. The summed E-state index contributed by atoms with van der Waals surface area (Å²) in [6.07, 6.45) is 0.267. The molecule has 0 atom stereocenters. The highest BCUT2D eigenvalue weighted by atomic mass is 32.2. The molecule has 2 aromatic carbocycles. The van der Waals surface area contributed by atoms with Gasteiger partial charge in [0.25, 0.3) is 0 Å². The summed E-state index contributed by atoms with van der Waals surface area (Å²) in [5.41, 5.74) is 1.61. The Bertz CT molecular complexity index is 1200. The van der Waals surface area contributed by atoms with E-state index in [1.165, 1.54) is 12.1 Å². The minimum absolute atomic E-state index is 0.0648. The first kappa shape index (κ1) is 25.3. The van der Waals surface area contributed by atoms with Crippen molar-refractivity contribution in [3.05, 3.63) is 59.7 Å². The maximum atomic E-state index is 13.7. The summed E-state index contributed by atoms with van der Waals surface area (Å²) in [5, 5.41) is 8.96. The highest BCUT2D eigenvalue weighted by Gasteiger charge is 2.54. The summed E-state index contributed by atoms with van der Waals surface area (Å²) >= 11 is 0. The zero-order valence-corrected chi connectivity index (χ0v) is 20.2. The van der Waals surface area contributed by atoms with Gasteiger partial charge in [0.15, 0.2) is 14.6 Å². The second-order valence-electron chi connectivity index (χ2n) is 7.99. The molecule has 0 unspecified atom stereocenters. The van der Waals surface area contributed by atoms with Gasteiger partial charge in [-0.1, -0.05) is 18.1 Å². The molecule has 8 heteroatoms. The molecule has 1 aliphatic heterocycles. The lowest BCUT2D eigenvalue weighted by Gasteiger charge is -2.39. The zero-order valence-electron chi connectivity index (χ0n) is 19.4. The molecule has 1 saturated heterocycles. The van der Waals surface area contributed by atoms with Gasteiger partial charge >= 0.3 is 5.97 Å². The average Bonchev–Trinajstić information content (AvgIpc) is 2.85. The lowest BCUT2D eigenvalue weighted by molar-refractivity contribution is -0.147. The molecule has 0 aromatic heterocycles. The minimum atomic E-state index is -4.01. The van der Waals surface area contributed by atoms with Crippen molar-refractivity contribution in [2.75, 3.05) is 26.3 Å². The fraction of sp³-hybridized carbons (Fsp3) is 0.385. The summed E-state index contributed by atoms with van der Waals surface area (Å²) < 4.78 is 36.5. The van der Waals surface area contributed by atoms with Gasteiger partial charge in [0, 0.05) is 19.6 Å². The molecule has 34 heavy (non-hydrogen) atoms. The third kappa shape index (κ3) is 5.41. The molecule has 1 heterocycles. The van der Waals surface area contributed by atoms with Crippen molar-refractivity contribution < 1.29 is 22.7 Å². The van der Waals surface area contributed by atoms with Gasteiger partial charge in [0.1, 0.15) is 12.4 Å². The summed E-state index contributed by atoms with van der Waals surface area (Å²) in [6, 6.07) is 15.5. The number of likely N-dealkylation sites (tertiary alicyclic amines) is 1. The summed E-state index contributed by atoms with van der Waals surface area (Å²) in [4.78, 5) is 15.2. The molecule has 7 nitrogen and oxygen atoms in total. The summed E-state index contributed by atoms with van der Waals surface area (Å²) in [7, 11) is -4.01. The number of nitrogens with zero attached hydrogens (tertiary/aromatic N) is 2. The van der Waals surface area contributed by atoms with Crippen LogP contribution < -0.4 is 4.74 Å². The first-order chi connectivity index (χ1) is 16.4. The van der Waals surface area contributed by atoms with Crippen molar-refractivity contribution in [2.45, 2.75) is 42.9 Å². The molecule has 1 aliphatic rings. The number of ether oxygens (including phenoxy) is 2. The van der Waals surface area contributed by atoms with Crippen LogP contribution in [0.25, 0.3) is 0 Å². The number of sulfone groups is 1. The Balaban J connectivity index is 1.80. The molecule has 0 radical (unpaired) electrons. The molecule has 0 saturated carbocycles. The molecule has 0 spiro atoms. The van der Waals surface area contributed by atoms with Crippen molar-refractivity contribution in [1.29, 1.82) is 5.26 Å². The molecule has 0 bridgehead atoms. The number of rotatable bonds is 8. The summed E-state index contributed by atoms with van der Waals surface area (Å²) in [5.74, 6) is 5.32. The van der Waals surface area contributed by atoms with Crippen LogP contribution in [0.15, 0.2) is 53.4 Å². The van der Waals surface area contributed by atoms with Crippen LogP contribution in [0.4, 0.5) is 0 Å². The number of carbonyl (C=O) groups excluding carboxylic acids is 1. The van der Waals surface area contributed by atoms with E-state index in [9.17, 15) is 13.2 Å². The number of benzene rings is 2. The predicted octanol–water partition coefficient (Wildman–Crippen LogP) is 3.33. The highest BCUT2D eigenvalue weighted by molar-refractivity contribution is 7.93. The first-order valence-electron chi connectivity index (χ1n) is 11.1. The average molecular weight is 481 g/mol. The fourth-order valence-corrected chi connectivity index (χ4v) is 5.94. The van der Waals surface area contributed by atoms with Crippen LogP contribution in [0.1, 0.15) is 37.8 Å². The maximum absolute atomic E-state index is 13.7. The van der Waals surface area contributed by atoms with Crippen molar-refractivity contribution in [2.24, 2.45) is 0 Å². The van der Waals surface area contributed by atoms with Crippen molar-refractivity contribution >= 4 is 15.8 Å². The monoisotopic (exact) mass is 480 g/mol. The zero-order chi connectivity index (χ0) is 24.6. The van der Waals surface area contributed by atoms with Gasteiger partial charge in [0.2, 0.25) is 0 Å². The third-order valence-electron chi connectivity index (χ3n) is 5.94. The lowest BCUT2D eigenvalue weighted by atomic mass is 9.95. The Morgan fingerprint density at radius 1 is 1.09 bits per heavy atom. The summed E-state index contributed by atoms with van der Waals surface area (Å²) in [6.45, 7) is 5.16. The molecule has 0 amide bonds. The minimum Gasteiger partial charge on any atom is -0.481 e. The molecule has 2 aromatic rings. The second-order valence-corrected chi connectivity index (χ2v) is 10.2. The normalized spacial score (nSPS) is 15.4. The molecular weight excluding hydrogens is 452 g/mol. The smallest absolute Gasteiger partial charge is 0.327 e. The Hall–Kier alpha value is -3.33. The van der Waals surface area contributed by atoms with E-state index in [1.54, 1.807) is 38.1 Å². The van der Waals surface area contributed by atoms with Crippen LogP contribution in [-0.4, -0.2) is 50.3 Å². The second kappa shape index (κ2) is 11.2. The Kier molecular flexibility index (Phi) is 8.33. The predicted molar refractivity (Wildman–Crippen MR) is 128 cm³/mol. The number of piperidine rings is 1. The van der Waals surface area contributed by atoms with Crippen molar-refractivity contribution in [3.63, 3.8) is 0 Å². The van der Waals surface area contributed by atoms with Crippen LogP contribution in [0, 0.1) is 23.2 Å². The largest absolute Gasteiger partial charge is 0.481 e. The number of hydrogen-bond acceptors (Lipinski definition) is 7. The number of hydrogen-bond donors (Lipinski definition) is 0. The van der Waals surface area contributed by atoms with Gasteiger partial charge in [0.05, 0.1) is 23.1 Å². The van der Waals surface area contributed by atoms with Crippen LogP contribution >= 0.6 is 0 Å². The molecule has 178 valence electrons. The lowest BCUT2D eigenvalue weighted by Crippen LogP contribution is -2.54. The van der Waals surface area contributed by atoms with Crippen LogP contribution in [0.5, 0.6) is 5.75 Å². The maximum Gasteiger partial charge on any atom is 0.327 e. The molecule has 0 N–H and O–H groups in total. The van der Waals surface area contributed by atoms with E-state index in [1.807, 2.05) is 12.1 Å². The van der Waals surface area contributed by atoms with Crippen LogP contribution in [0.3, 0.4) is 0 Å². The quantitative estimate of drug-likeness (QED) is 0.422. The first-order valence-corrected chi connectivity index (χ1v) is 12.6. The number of nitriles is 1. The van der Waals surface area contributed by atoms with Crippen LogP contribution in [0.2, 0.25) is 0 Å². The van der Waals surface area contributed by atoms with E-state index >= 15 is 0 Å². The number of esters is 1. The van der Waals surface area contributed by atoms with Gasteiger partial charge < -0.3 is 9.47 Å². The molecular formula is C26H28N2O5S. The van der Waals surface area contributed by atoms with E-state index in [4.69, 9.17) is 14.7 Å². The fourth-order valence-electron chi connectivity index (χ4n) is 3.99. The van der Waals surface area contributed by atoms with E-state index in [-0.39, 0.29) is 31.0 Å². The standard InChI is InChI=1S/C26H28N2O5S/c1-3-5-18-33-23-10-12-24(13-11-23)34(30,31)26(25(29)32-4-2)14-16-28(17-15-26)20-22-8-6-21(19-27)7-9-22/h6-13H,4,14-18,20H2,1-2H3. The Labute approximate surface area is 201 Å². The topological polar surface area (TPSA) is 96.7 Å². The van der Waals surface area contributed by atoms with Crippen molar-refractivity contribution in [3.8, 4) is 23.7 Å².